The van der Waals surface area contributed by atoms with Crippen molar-refractivity contribution in [1.29, 1.82) is 0 Å². The van der Waals surface area contributed by atoms with E-state index in [0.29, 0.717) is 18.7 Å². The quantitative estimate of drug-likeness (QED) is 0.719. The van der Waals surface area contributed by atoms with Crippen LogP contribution in [0, 0.1) is 11.6 Å². The van der Waals surface area contributed by atoms with E-state index in [1.807, 2.05) is 23.7 Å². The first-order valence-corrected chi connectivity index (χ1v) is 8.62. The van der Waals surface area contributed by atoms with Crippen LogP contribution in [0.3, 0.4) is 0 Å². The number of rotatable bonds is 3. The van der Waals surface area contributed by atoms with Crippen LogP contribution in [-0.4, -0.2) is 21.4 Å². The number of hydrogen-bond donors (Lipinski definition) is 0. The molecule has 3 aromatic rings. The summed E-state index contributed by atoms with van der Waals surface area (Å²) in [4.78, 5) is 12.3. The molecule has 0 spiro atoms. The van der Waals surface area contributed by atoms with Gasteiger partial charge in [-0.1, -0.05) is 6.07 Å². The zero-order valence-corrected chi connectivity index (χ0v) is 13.7. The Hall–Kier alpha value is -2.18. The van der Waals surface area contributed by atoms with Crippen molar-refractivity contribution in [2.24, 2.45) is 0 Å². The summed E-state index contributed by atoms with van der Waals surface area (Å²) in [6, 6.07) is 7.58. The van der Waals surface area contributed by atoms with E-state index >= 15 is 0 Å². The predicted molar refractivity (Wildman–Crippen MR) is 89.5 cm³/mol. The third kappa shape index (κ3) is 3.07. The maximum Gasteiger partial charge on any atom is 0.169 e. The van der Waals surface area contributed by atoms with Gasteiger partial charge in [0.05, 0.1) is 10.6 Å². The van der Waals surface area contributed by atoms with Gasteiger partial charge in [-0.2, -0.15) is 0 Å². The van der Waals surface area contributed by atoms with Crippen LogP contribution < -0.4 is 0 Å². The lowest BCUT2D eigenvalue weighted by Gasteiger charge is -2.28. The molecule has 0 fully saturated rings. The molecule has 0 atom stereocenters. The van der Waals surface area contributed by atoms with Crippen LogP contribution in [-0.2, 0) is 19.5 Å². The molecule has 0 unspecified atom stereocenters. The van der Waals surface area contributed by atoms with Crippen molar-refractivity contribution >= 4 is 11.3 Å². The first-order chi connectivity index (χ1) is 11.7. The van der Waals surface area contributed by atoms with Gasteiger partial charge in [-0.3, -0.25) is 4.90 Å². The largest absolute Gasteiger partial charge is 0.294 e. The van der Waals surface area contributed by atoms with Gasteiger partial charge in [-0.25, -0.2) is 18.7 Å². The van der Waals surface area contributed by atoms with Gasteiger partial charge >= 0.3 is 0 Å². The Labute approximate surface area is 142 Å². The number of halogens is 2. The van der Waals surface area contributed by atoms with Crippen molar-refractivity contribution < 1.29 is 8.78 Å². The van der Waals surface area contributed by atoms with E-state index in [2.05, 4.69) is 14.9 Å². The molecule has 1 aliphatic rings. The van der Waals surface area contributed by atoms with Gasteiger partial charge in [0, 0.05) is 43.4 Å². The number of benzene rings is 1. The number of thiophene rings is 1. The fourth-order valence-corrected chi connectivity index (χ4v) is 3.60. The van der Waals surface area contributed by atoms with Gasteiger partial charge < -0.3 is 0 Å². The van der Waals surface area contributed by atoms with Crippen molar-refractivity contribution in [3.8, 4) is 10.7 Å². The summed E-state index contributed by atoms with van der Waals surface area (Å²) < 4.78 is 27.1. The highest BCUT2D eigenvalue weighted by Crippen LogP contribution is 2.25. The molecule has 0 amide bonds. The first kappa shape index (κ1) is 15.4. The van der Waals surface area contributed by atoms with E-state index in [1.165, 1.54) is 12.1 Å². The fourth-order valence-electron chi connectivity index (χ4n) is 2.94. The summed E-state index contributed by atoms with van der Waals surface area (Å²) >= 11 is 1.62. The summed E-state index contributed by atoms with van der Waals surface area (Å²) in [6.45, 7) is 1.80. The first-order valence-electron chi connectivity index (χ1n) is 7.74. The third-order valence-electron chi connectivity index (χ3n) is 4.16. The third-order valence-corrected chi connectivity index (χ3v) is 5.02. The van der Waals surface area contributed by atoms with Gasteiger partial charge in [-0.15, -0.1) is 11.3 Å². The number of nitrogens with zero attached hydrogens (tertiary/aromatic N) is 3. The van der Waals surface area contributed by atoms with Crippen LogP contribution in [0.2, 0.25) is 0 Å². The summed E-state index contributed by atoms with van der Waals surface area (Å²) in [7, 11) is 0. The summed E-state index contributed by atoms with van der Waals surface area (Å²) in [5.74, 6) is -0.0207. The molecule has 24 heavy (non-hydrogen) atoms. The highest BCUT2D eigenvalue weighted by molar-refractivity contribution is 7.13. The Bertz CT molecular complexity index is 865. The second kappa shape index (κ2) is 6.37. The smallest absolute Gasteiger partial charge is 0.169 e. The average Bonchev–Trinajstić information content (AvgIpc) is 3.12. The van der Waals surface area contributed by atoms with E-state index in [-0.39, 0.29) is 5.82 Å². The lowest BCUT2D eigenvalue weighted by Crippen LogP contribution is -2.31. The Morgan fingerprint density at radius 1 is 1.21 bits per heavy atom. The van der Waals surface area contributed by atoms with E-state index in [0.717, 1.165) is 41.0 Å². The second-order valence-electron chi connectivity index (χ2n) is 5.84. The summed E-state index contributed by atoms with van der Waals surface area (Å²) in [6.07, 6.45) is 2.64. The maximum atomic E-state index is 13.8. The normalized spacial score (nSPS) is 14.6. The molecule has 0 saturated heterocycles. The minimum Gasteiger partial charge on any atom is -0.294 e. The van der Waals surface area contributed by atoms with Crippen LogP contribution in [0.25, 0.3) is 10.7 Å². The van der Waals surface area contributed by atoms with E-state index in [9.17, 15) is 8.78 Å². The number of aromatic nitrogens is 2. The van der Waals surface area contributed by atoms with Crippen LogP contribution >= 0.6 is 11.3 Å². The van der Waals surface area contributed by atoms with Crippen molar-refractivity contribution in [2.45, 2.75) is 19.5 Å². The zero-order chi connectivity index (χ0) is 16.5. The Morgan fingerprint density at radius 3 is 2.96 bits per heavy atom. The van der Waals surface area contributed by atoms with E-state index in [4.69, 9.17) is 0 Å². The van der Waals surface area contributed by atoms with Crippen molar-refractivity contribution in [3.63, 3.8) is 0 Å². The SMILES string of the molecule is Fc1ccc(F)c(CN2CCc3nc(-c4cccs4)ncc3C2)c1. The Morgan fingerprint density at radius 2 is 2.12 bits per heavy atom. The van der Waals surface area contributed by atoms with Crippen LogP contribution in [0.4, 0.5) is 8.78 Å². The van der Waals surface area contributed by atoms with E-state index < -0.39 is 5.82 Å². The van der Waals surface area contributed by atoms with Gasteiger partial charge in [0.25, 0.3) is 0 Å². The molecule has 0 N–H and O–H groups in total. The van der Waals surface area contributed by atoms with Crippen molar-refractivity contribution in [2.75, 3.05) is 6.54 Å². The minimum absolute atomic E-state index is 0.369. The molecule has 0 radical (unpaired) electrons. The maximum absolute atomic E-state index is 13.8. The molecule has 6 heteroatoms. The highest BCUT2D eigenvalue weighted by Gasteiger charge is 2.20. The standard InChI is InChI=1S/C18H15F2N3S/c19-14-3-4-15(20)12(8-14)10-23-6-5-16-13(11-23)9-21-18(22-16)17-2-1-7-24-17/h1-4,7-9H,5-6,10-11H2. The lowest BCUT2D eigenvalue weighted by molar-refractivity contribution is 0.239. The number of fused-ring (bicyclic) bond motifs is 1. The molecule has 2 aromatic heterocycles. The van der Waals surface area contributed by atoms with Gasteiger partial charge in [-0.05, 0) is 29.6 Å². The minimum atomic E-state index is -0.410. The Balaban J connectivity index is 1.53. The molecule has 3 heterocycles. The molecule has 0 bridgehead atoms. The molecule has 0 saturated carbocycles. The number of hydrogen-bond acceptors (Lipinski definition) is 4. The van der Waals surface area contributed by atoms with Gasteiger partial charge in [0.1, 0.15) is 11.6 Å². The molecule has 1 aromatic carbocycles. The summed E-state index contributed by atoms with van der Waals surface area (Å²) in [5, 5.41) is 2.01. The lowest BCUT2D eigenvalue weighted by atomic mass is 10.1. The predicted octanol–water partition coefficient (Wildman–Crippen LogP) is 4.04. The molecule has 1 aliphatic heterocycles. The van der Waals surface area contributed by atoms with E-state index in [1.54, 1.807) is 11.3 Å². The molecule has 122 valence electrons. The molecule has 3 nitrogen and oxygen atoms in total. The Kier molecular flexibility index (Phi) is 4.08. The molecule has 4 rings (SSSR count). The van der Waals surface area contributed by atoms with Gasteiger partial charge in [0.15, 0.2) is 5.82 Å². The highest BCUT2D eigenvalue weighted by atomic mass is 32.1. The van der Waals surface area contributed by atoms with Crippen LogP contribution in [0.15, 0.2) is 41.9 Å². The zero-order valence-electron chi connectivity index (χ0n) is 12.9. The van der Waals surface area contributed by atoms with Crippen LogP contribution in [0.1, 0.15) is 16.8 Å². The molecular weight excluding hydrogens is 328 g/mol. The average molecular weight is 343 g/mol. The van der Waals surface area contributed by atoms with Crippen molar-refractivity contribution in [1.82, 2.24) is 14.9 Å². The van der Waals surface area contributed by atoms with Crippen LogP contribution in [0.5, 0.6) is 0 Å². The molecule has 0 aliphatic carbocycles. The van der Waals surface area contributed by atoms with Crippen molar-refractivity contribution in [3.05, 3.63) is 70.4 Å². The second-order valence-corrected chi connectivity index (χ2v) is 6.79. The summed E-state index contributed by atoms with van der Waals surface area (Å²) in [5.41, 5.74) is 2.48. The molecular formula is C18H15F2N3S. The monoisotopic (exact) mass is 343 g/mol. The van der Waals surface area contributed by atoms with Gasteiger partial charge in [0.2, 0.25) is 0 Å². The fraction of sp³-hybridized carbons (Fsp3) is 0.222. The topological polar surface area (TPSA) is 29.0 Å².